The second-order valence-electron chi connectivity index (χ2n) is 4.13. The lowest BCUT2D eigenvalue weighted by Crippen LogP contribution is -2.21. The van der Waals surface area contributed by atoms with Gasteiger partial charge < -0.3 is 5.32 Å². The van der Waals surface area contributed by atoms with Crippen molar-refractivity contribution in [3.05, 3.63) is 0 Å². The highest BCUT2D eigenvalue weighted by molar-refractivity contribution is 4.66. The normalized spacial score (nSPS) is 13.6. The third-order valence-electron chi connectivity index (χ3n) is 3.01. The van der Waals surface area contributed by atoms with E-state index in [1.807, 2.05) is 0 Å². The summed E-state index contributed by atoms with van der Waals surface area (Å²) in [4.78, 5) is 0. The molecule has 0 spiro atoms. The molecular formula is C12H27N. The van der Waals surface area contributed by atoms with E-state index in [0.29, 0.717) is 0 Å². The van der Waals surface area contributed by atoms with Gasteiger partial charge in [-0.25, -0.2) is 0 Å². The Kier molecular flexibility index (Phi) is 8.53. The highest BCUT2D eigenvalue weighted by Gasteiger charge is 2.12. The number of rotatable bonds is 8. The lowest BCUT2D eigenvalue weighted by Gasteiger charge is -2.21. The summed E-state index contributed by atoms with van der Waals surface area (Å²) in [5.74, 6) is 1.85. The van der Waals surface area contributed by atoms with Crippen molar-refractivity contribution in [2.45, 2.75) is 52.9 Å². The molecule has 0 bridgehead atoms. The summed E-state index contributed by atoms with van der Waals surface area (Å²) < 4.78 is 0. The first-order chi connectivity index (χ1) is 6.28. The van der Waals surface area contributed by atoms with Crippen LogP contribution in [0.25, 0.3) is 0 Å². The average Bonchev–Trinajstić information content (AvgIpc) is 2.14. The summed E-state index contributed by atoms with van der Waals surface area (Å²) in [6.45, 7) is 8.12. The molecule has 0 aliphatic rings. The monoisotopic (exact) mass is 185 g/mol. The molecule has 0 aliphatic heterocycles. The molecule has 0 rings (SSSR count). The van der Waals surface area contributed by atoms with E-state index in [-0.39, 0.29) is 0 Å². The Labute approximate surface area is 84.3 Å². The number of hydrogen-bond donors (Lipinski definition) is 1. The van der Waals surface area contributed by atoms with E-state index in [1.165, 1.54) is 38.6 Å². The Morgan fingerprint density at radius 1 is 1.00 bits per heavy atom. The van der Waals surface area contributed by atoms with Crippen molar-refractivity contribution in [3.63, 3.8) is 0 Å². The van der Waals surface area contributed by atoms with Gasteiger partial charge in [-0.1, -0.05) is 40.0 Å². The van der Waals surface area contributed by atoms with E-state index in [1.54, 1.807) is 0 Å². The second-order valence-corrected chi connectivity index (χ2v) is 4.13. The number of hydrogen-bond acceptors (Lipinski definition) is 1. The molecule has 1 nitrogen and oxygen atoms in total. The van der Waals surface area contributed by atoms with Crippen LogP contribution < -0.4 is 5.32 Å². The third-order valence-corrected chi connectivity index (χ3v) is 3.01. The van der Waals surface area contributed by atoms with Crippen LogP contribution in [0.4, 0.5) is 0 Å². The topological polar surface area (TPSA) is 12.0 Å². The maximum absolute atomic E-state index is 3.31. The molecular weight excluding hydrogens is 158 g/mol. The maximum atomic E-state index is 3.31. The summed E-state index contributed by atoms with van der Waals surface area (Å²) in [6, 6.07) is 0. The highest BCUT2D eigenvalue weighted by atomic mass is 14.8. The molecule has 0 heterocycles. The van der Waals surface area contributed by atoms with Crippen LogP contribution in [0.1, 0.15) is 52.9 Å². The largest absolute Gasteiger partial charge is 0.319 e. The van der Waals surface area contributed by atoms with Crippen molar-refractivity contribution < 1.29 is 0 Å². The fraction of sp³-hybridized carbons (Fsp3) is 1.00. The van der Waals surface area contributed by atoms with Gasteiger partial charge in [0, 0.05) is 0 Å². The molecule has 0 saturated carbocycles. The fourth-order valence-corrected chi connectivity index (χ4v) is 2.09. The van der Waals surface area contributed by atoms with Crippen molar-refractivity contribution in [2.24, 2.45) is 11.8 Å². The molecule has 13 heavy (non-hydrogen) atoms. The van der Waals surface area contributed by atoms with Crippen molar-refractivity contribution in [1.82, 2.24) is 5.32 Å². The first-order valence-electron chi connectivity index (χ1n) is 5.92. The van der Waals surface area contributed by atoms with Crippen LogP contribution in [0.5, 0.6) is 0 Å². The Bertz CT molecular complexity index is 91.3. The van der Waals surface area contributed by atoms with Crippen molar-refractivity contribution in [2.75, 3.05) is 13.6 Å². The summed E-state index contributed by atoms with van der Waals surface area (Å²) in [7, 11) is 2.07. The molecule has 0 aromatic heterocycles. The highest BCUT2D eigenvalue weighted by Crippen LogP contribution is 2.21. The van der Waals surface area contributed by atoms with E-state index in [2.05, 4.69) is 33.1 Å². The minimum atomic E-state index is 0.903. The molecule has 1 heteroatoms. The summed E-state index contributed by atoms with van der Waals surface area (Å²) in [6.07, 6.45) is 6.83. The van der Waals surface area contributed by atoms with E-state index in [0.717, 1.165) is 11.8 Å². The van der Waals surface area contributed by atoms with Crippen LogP contribution >= 0.6 is 0 Å². The lowest BCUT2D eigenvalue weighted by molar-refractivity contribution is 0.329. The van der Waals surface area contributed by atoms with E-state index >= 15 is 0 Å². The van der Waals surface area contributed by atoms with Crippen LogP contribution in [0.3, 0.4) is 0 Å². The van der Waals surface area contributed by atoms with Crippen LogP contribution in [0.15, 0.2) is 0 Å². The molecule has 80 valence electrons. The van der Waals surface area contributed by atoms with Crippen LogP contribution in [0, 0.1) is 11.8 Å². The van der Waals surface area contributed by atoms with Crippen molar-refractivity contribution in [1.29, 1.82) is 0 Å². The maximum Gasteiger partial charge on any atom is -0.00234 e. The molecule has 0 amide bonds. The first kappa shape index (κ1) is 13.0. The first-order valence-corrected chi connectivity index (χ1v) is 5.92. The van der Waals surface area contributed by atoms with Gasteiger partial charge in [0.05, 0.1) is 0 Å². The molecule has 0 saturated heterocycles. The van der Waals surface area contributed by atoms with Crippen molar-refractivity contribution >= 4 is 0 Å². The van der Waals surface area contributed by atoms with Gasteiger partial charge in [-0.15, -0.1) is 0 Å². The zero-order valence-corrected chi connectivity index (χ0v) is 9.90. The van der Waals surface area contributed by atoms with Gasteiger partial charge in [-0.3, -0.25) is 0 Å². The smallest absolute Gasteiger partial charge is 0.00234 e. The third kappa shape index (κ3) is 6.09. The van der Waals surface area contributed by atoms with Crippen molar-refractivity contribution in [3.8, 4) is 0 Å². The van der Waals surface area contributed by atoms with Gasteiger partial charge in [0.2, 0.25) is 0 Å². The van der Waals surface area contributed by atoms with Gasteiger partial charge in [-0.05, 0) is 38.3 Å². The molecule has 0 aromatic carbocycles. The lowest BCUT2D eigenvalue weighted by atomic mass is 9.88. The Morgan fingerprint density at radius 3 is 2.00 bits per heavy atom. The minimum absolute atomic E-state index is 0.903. The predicted molar refractivity (Wildman–Crippen MR) is 61.0 cm³/mol. The SMILES string of the molecule is CCCC(CNC)CC(CC)CC. The Morgan fingerprint density at radius 2 is 1.62 bits per heavy atom. The zero-order valence-electron chi connectivity index (χ0n) is 9.90. The second kappa shape index (κ2) is 8.55. The Hall–Kier alpha value is -0.0400. The van der Waals surface area contributed by atoms with Gasteiger partial charge >= 0.3 is 0 Å². The van der Waals surface area contributed by atoms with E-state index in [9.17, 15) is 0 Å². The average molecular weight is 185 g/mol. The zero-order chi connectivity index (χ0) is 10.1. The number of nitrogens with one attached hydrogen (secondary N) is 1. The predicted octanol–water partition coefficient (Wildman–Crippen LogP) is 3.45. The summed E-state index contributed by atoms with van der Waals surface area (Å²) in [5.41, 5.74) is 0. The van der Waals surface area contributed by atoms with E-state index in [4.69, 9.17) is 0 Å². The van der Waals surface area contributed by atoms with Crippen LogP contribution in [-0.2, 0) is 0 Å². The summed E-state index contributed by atoms with van der Waals surface area (Å²) >= 11 is 0. The van der Waals surface area contributed by atoms with Crippen LogP contribution in [0.2, 0.25) is 0 Å². The fourth-order valence-electron chi connectivity index (χ4n) is 2.09. The van der Waals surface area contributed by atoms with Gasteiger partial charge in [0.1, 0.15) is 0 Å². The molecule has 0 aliphatic carbocycles. The quantitative estimate of drug-likeness (QED) is 0.611. The molecule has 1 unspecified atom stereocenters. The van der Waals surface area contributed by atoms with Gasteiger partial charge in [0.25, 0.3) is 0 Å². The Balaban J connectivity index is 3.76. The standard InChI is InChI=1S/C12H27N/c1-5-8-12(10-13-4)9-11(6-2)7-3/h11-13H,5-10H2,1-4H3. The molecule has 0 aromatic rings. The van der Waals surface area contributed by atoms with Gasteiger partial charge in [-0.2, -0.15) is 0 Å². The molecule has 1 N–H and O–H groups in total. The van der Waals surface area contributed by atoms with Gasteiger partial charge in [0.15, 0.2) is 0 Å². The summed E-state index contributed by atoms with van der Waals surface area (Å²) in [5, 5.41) is 3.31. The molecule has 0 radical (unpaired) electrons. The van der Waals surface area contributed by atoms with E-state index < -0.39 is 0 Å². The van der Waals surface area contributed by atoms with Crippen LogP contribution in [-0.4, -0.2) is 13.6 Å². The molecule has 0 fully saturated rings. The minimum Gasteiger partial charge on any atom is -0.319 e. The molecule has 1 atom stereocenters.